The summed E-state index contributed by atoms with van der Waals surface area (Å²) in [7, 11) is 5.78. The van der Waals surface area contributed by atoms with Gasteiger partial charge in [0.05, 0.1) is 13.1 Å². The zero-order chi connectivity index (χ0) is 28.0. The van der Waals surface area contributed by atoms with Crippen molar-refractivity contribution < 1.29 is 9.47 Å². The third kappa shape index (κ3) is 7.26. The number of nitrogens with two attached hydrogens (primary N) is 1. The molecule has 0 radical (unpaired) electrons. The molecule has 0 saturated carbocycles. The Morgan fingerprint density at radius 3 is 2.85 bits per heavy atom. The molecule has 1 aliphatic carbocycles. The molecule has 1 aliphatic heterocycles. The second kappa shape index (κ2) is 12.8. The maximum atomic E-state index is 6.23. The van der Waals surface area contributed by atoms with Crippen LogP contribution in [0.3, 0.4) is 0 Å². The molecule has 8 nitrogen and oxygen atoms in total. The van der Waals surface area contributed by atoms with E-state index in [0.29, 0.717) is 26.4 Å². The first-order valence-electron chi connectivity index (χ1n) is 13.7. The predicted octanol–water partition coefficient (Wildman–Crippen LogP) is 4.06. The van der Waals surface area contributed by atoms with Gasteiger partial charge in [-0.1, -0.05) is 38.6 Å². The Morgan fingerprint density at radius 1 is 1.31 bits per heavy atom. The lowest BCUT2D eigenvalue weighted by molar-refractivity contribution is 0.184. The van der Waals surface area contributed by atoms with Crippen molar-refractivity contribution >= 4 is 11.4 Å². The summed E-state index contributed by atoms with van der Waals surface area (Å²) in [5, 5.41) is 3.22. The van der Waals surface area contributed by atoms with Gasteiger partial charge in [-0.15, -0.1) is 0 Å². The monoisotopic (exact) mass is 532 g/mol. The Morgan fingerprint density at radius 2 is 2.13 bits per heavy atom. The largest absolute Gasteiger partial charge is 0.491 e. The van der Waals surface area contributed by atoms with E-state index in [1.54, 1.807) is 13.2 Å². The summed E-state index contributed by atoms with van der Waals surface area (Å²) in [5.74, 6) is 2.85. The van der Waals surface area contributed by atoms with Gasteiger partial charge in [0.15, 0.2) is 0 Å². The fourth-order valence-electron chi connectivity index (χ4n) is 5.24. The number of nitrogens with zero attached hydrogens (tertiary/aromatic N) is 4. The lowest BCUT2D eigenvalue weighted by atomic mass is 9.76. The minimum atomic E-state index is 0.232. The molecule has 0 unspecified atom stereocenters. The lowest BCUT2D eigenvalue weighted by Crippen LogP contribution is -2.32. The third-order valence-electron chi connectivity index (χ3n) is 7.23. The summed E-state index contributed by atoms with van der Waals surface area (Å²) in [6.45, 7) is 12.2. The van der Waals surface area contributed by atoms with Crippen molar-refractivity contribution in [3.63, 3.8) is 0 Å². The quantitative estimate of drug-likeness (QED) is 0.350. The summed E-state index contributed by atoms with van der Waals surface area (Å²) < 4.78 is 11.4. The summed E-state index contributed by atoms with van der Waals surface area (Å²) >= 11 is 0. The summed E-state index contributed by atoms with van der Waals surface area (Å²) in [5.41, 5.74) is 12.8. The average Bonchev–Trinajstić information content (AvgIpc) is 3.11. The fraction of sp³-hybridized carbons (Fsp3) is 0.484. The van der Waals surface area contributed by atoms with Crippen LogP contribution in [0, 0.1) is 5.41 Å². The van der Waals surface area contributed by atoms with Crippen molar-refractivity contribution in [1.29, 1.82) is 0 Å². The zero-order valence-corrected chi connectivity index (χ0v) is 24.2. The number of allylic oxidation sites excluding steroid dienone is 4. The number of hydrogen-bond acceptors (Lipinski definition) is 8. The van der Waals surface area contributed by atoms with Crippen LogP contribution in [0.25, 0.3) is 5.57 Å². The number of methoxy groups -OCH3 is 1. The van der Waals surface area contributed by atoms with Gasteiger partial charge in [0.2, 0.25) is 0 Å². The molecule has 39 heavy (non-hydrogen) atoms. The first kappa shape index (κ1) is 28.8. The molecule has 0 amide bonds. The first-order valence-corrected chi connectivity index (χ1v) is 13.7. The first-order chi connectivity index (χ1) is 18.7. The highest BCUT2D eigenvalue weighted by Gasteiger charge is 2.31. The van der Waals surface area contributed by atoms with Gasteiger partial charge < -0.3 is 30.3 Å². The van der Waals surface area contributed by atoms with E-state index >= 15 is 0 Å². The second-order valence-corrected chi connectivity index (χ2v) is 11.4. The molecule has 2 aliphatic rings. The van der Waals surface area contributed by atoms with Crippen LogP contribution in [0.5, 0.6) is 5.75 Å². The Kier molecular flexibility index (Phi) is 9.43. The number of fused-ring (bicyclic) bond motifs is 2. The Bertz CT molecular complexity index is 1230. The fourth-order valence-corrected chi connectivity index (χ4v) is 5.24. The number of ether oxygens (including phenoxy) is 2. The van der Waals surface area contributed by atoms with Crippen molar-refractivity contribution in [1.82, 2.24) is 20.2 Å². The SMILES string of the molecule is C=C/C=C(\C=C(/CN)NCOC)c1ccc2c(c1)CN(c1nc(CN(C)C)nc3c1CC(C)(C)CC3)CCO2. The molecule has 2 aromatic rings. The smallest absolute Gasteiger partial charge is 0.144 e. The van der Waals surface area contributed by atoms with Crippen molar-refractivity contribution in [2.45, 2.75) is 46.2 Å². The van der Waals surface area contributed by atoms with E-state index in [-0.39, 0.29) is 5.41 Å². The van der Waals surface area contributed by atoms with Gasteiger partial charge in [0.1, 0.15) is 30.7 Å². The highest BCUT2D eigenvalue weighted by atomic mass is 16.5. The number of nitrogens with one attached hydrogen (secondary N) is 1. The van der Waals surface area contributed by atoms with Crippen LogP contribution in [-0.2, 0) is 30.7 Å². The van der Waals surface area contributed by atoms with E-state index in [0.717, 1.165) is 72.1 Å². The minimum absolute atomic E-state index is 0.232. The number of hydrogen-bond donors (Lipinski definition) is 2. The number of aromatic nitrogens is 2. The van der Waals surface area contributed by atoms with Crippen molar-refractivity contribution in [2.75, 3.05) is 52.5 Å². The van der Waals surface area contributed by atoms with Crippen LogP contribution in [0.4, 0.5) is 5.82 Å². The molecular formula is C31H44N6O2. The van der Waals surface area contributed by atoms with Gasteiger partial charge in [0, 0.05) is 42.7 Å². The molecule has 0 saturated heterocycles. The Hall–Kier alpha value is -3.20. The summed E-state index contributed by atoms with van der Waals surface area (Å²) in [6, 6.07) is 6.37. The lowest BCUT2D eigenvalue weighted by Gasteiger charge is -2.34. The van der Waals surface area contributed by atoms with E-state index < -0.39 is 0 Å². The van der Waals surface area contributed by atoms with Crippen LogP contribution < -0.4 is 20.7 Å². The molecule has 3 N–H and O–H groups in total. The Labute approximate surface area is 233 Å². The van der Waals surface area contributed by atoms with E-state index in [1.165, 1.54) is 11.3 Å². The molecule has 0 atom stereocenters. The van der Waals surface area contributed by atoms with Gasteiger partial charge >= 0.3 is 0 Å². The molecule has 0 fully saturated rings. The van der Waals surface area contributed by atoms with Gasteiger partial charge in [-0.05, 0) is 68.1 Å². The van der Waals surface area contributed by atoms with Gasteiger partial charge in [-0.2, -0.15) is 0 Å². The third-order valence-corrected chi connectivity index (χ3v) is 7.23. The highest BCUT2D eigenvalue weighted by molar-refractivity contribution is 5.77. The molecular weight excluding hydrogens is 488 g/mol. The van der Waals surface area contributed by atoms with E-state index in [1.807, 2.05) is 12.2 Å². The molecule has 0 spiro atoms. The zero-order valence-electron chi connectivity index (χ0n) is 24.2. The van der Waals surface area contributed by atoms with Crippen LogP contribution in [-0.4, -0.2) is 62.5 Å². The predicted molar refractivity (Wildman–Crippen MR) is 159 cm³/mol. The molecule has 210 valence electrons. The van der Waals surface area contributed by atoms with Crippen LogP contribution in [0.15, 0.2) is 48.7 Å². The molecule has 1 aromatic carbocycles. The number of aryl methyl sites for hydroxylation is 1. The topological polar surface area (TPSA) is 88.8 Å². The van der Waals surface area contributed by atoms with E-state index in [2.05, 4.69) is 67.8 Å². The van der Waals surface area contributed by atoms with Gasteiger partial charge in [0.25, 0.3) is 0 Å². The van der Waals surface area contributed by atoms with Crippen molar-refractivity contribution in [3.8, 4) is 5.75 Å². The maximum Gasteiger partial charge on any atom is 0.144 e. The summed E-state index contributed by atoms with van der Waals surface area (Å²) in [6.07, 6.45) is 8.96. The van der Waals surface area contributed by atoms with E-state index in [9.17, 15) is 0 Å². The molecule has 8 heteroatoms. The normalized spacial score (nSPS) is 17.3. The highest BCUT2D eigenvalue weighted by Crippen LogP contribution is 2.39. The van der Waals surface area contributed by atoms with E-state index in [4.69, 9.17) is 25.2 Å². The average molecular weight is 533 g/mol. The maximum absolute atomic E-state index is 6.23. The standard InChI is InChI=1S/C31H44N6O2/c1-7-8-22(16-25(18-32)33-21-38-6)23-9-10-28-24(15-23)19-37(13-14-39-28)30-26-17-31(2,3)12-11-27(26)34-29(35-30)20-36(4)5/h7-10,15-16,33H,1,11-14,17-21,32H2,2-6H3/b22-8+,25-16+. The second-order valence-electron chi connectivity index (χ2n) is 11.4. The molecule has 0 bridgehead atoms. The number of anilines is 1. The van der Waals surface area contributed by atoms with Gasteiger partial charge in [-0.25, -0.2) is 9.97 Å². The minimum Gasteiger partial charge on any atom is -0.491 e. The Balaban J connectivity index is 1.72. The number of benzene rings is 1. The van der Waals surface area contributed by atoms with Gasteiger partial charge in [-0.3, -0.25) is 0 Å². The molecule has 4 rings (SSSR count). The van der Waals surface area contributed by atoms with Crippen molar-refractivity contribution in [3.05, 3.63) is 76.9 Å². The van der Waals surface area contributed by atoms with Crippen molar-refractivity contribution in [2.24, 2.45) is 11.1 Å². The van der Waals surface area contributed by atoms with Crippen LogP contribution in [0.2, 0.25) is 0 Å². The molecule has 1 aromatic heterocycles. The molecule has 2 heterocycles. The van der Waals surface area contributed by atoms with Crippen LogP contribution in [0.1, 0.15) is 48.5 Å². The summed E-state index contributed by atoms with van der Waals surface area (Å²) in [4.78, 5) is 14.7. The number of rotatable bonds is 10. The van der Waals surface area contributed by atoms with Crippen LogP contribution >= 0.6 is 0 Å².